The Morgan fingerprint density at radius 1 is 0.469 bits per heavy atom. The van der Waals surface area contributed by atoms with Crippen LogP contribution < -0.4 is 10.9 Å². The molecule has 0 aliphatic heterocycles. The molecule has 0 aromatic rings. The first-order valence-corrected chi connectivity index (χ1v) is 14.5. The van der Waals surface area contributed by atoms with E-state index in [-0.39, 0.29) is 0 Å². The molecule has 0 aliphatic carbocycles. The standard InChI is InChI=1S/C28H58N2O2/c1-2-3-4-5-6-7-8-9-10-11-12-13-14-15-16-17-18-19-20-21-22-23-24-25-26-27-29-30-28(31)32/h29-30H,2-27H2,1H3,(H,31,32). The molecule has 4 nitrogen and oxygen atoms in total. The highest BCUT2D eigenvalue weighted by molar-refractivity contribution is 5.63. The van der Waals surface area contributed by atoms with E-state index in [0.29, 0.717) is 0 Å². The average Bonchev–Trinajstić information content (AvgIpc) is 2.78. The van der Waals surface area contributed by atoms with Gasteiger partial charge in [0.15, 0.2) is 0 Å². The Bertz CT molecular complexity index is 363. The molecule has 0 unspecified atom stereocenters. The molecule has 192 valence electrons. The minimum absolute atomic E-state index is 0.728. The first-order chi connectivity index (χ1) is 15.8. The zero-order valence-electron chi connectivity index (χ0n) is 21.7. The van der Waals surface area contributed by atoms with E-state index < -0.39 is 6.09 Å². The Balaban J connectivity index is 3.00. The summed E-state index contributed by atoms with van der Waals surface area (Å²) in [5.74, 6) is 0. The second-order valence-electron chi connectivity index (χ2n) is 9.84. The topological polar surface area (TPSA) is 61.4 Å². The van der Waals surface area contributed by atoms with Gasteiger partial charge < -0.3 is 5.11 Å². The van der Waals surface area contributed by atoms with Gasteiger partial charge in [0.25, 0.3) is 0 Å². The highest BCUT2D eigenvalue weighted by Crippen LogP contribution is 2.15. The number of hydrazine groups is 1. The quantitative estimate of drug-likeness (QED) is 0.0855. The van der Waals surface area contributed by atoms with Crippen molar-refractivity contribution in [3.63, 3.8) is 0 Å². The molecule has 0 rings (SSSR count). The maximum Gasteiger partial charge on any atom is 0.419 e. The molecule has 0 bridgehead atoms. The van der Waals surface area contributed by atoms with Gasteiger partial charge in [-0.25, -0.2) is 10.2 Å². The van der Waals surface area contributed by atoms with Crippen LogP contribution in [0.1, 0.15) is 167 Å². The summed E-state index contributed by atoms with van der Waals surface area (Å²) in [5.41, 5.74) is 4.88. The van der Waals surface area contributed by atoms with E-state index in [0.717, 1.165) is 13.0 Å². The first kappa shape index (κ1) is 31.2. The van der Waals surface area contributed by atoms with Gasteiger partial charge in [-0.1, -0.05) is 161 Å². The summed E-state index contributed by atoms with van der Waals surface area (Å²) in [6.45, 7) is 3.02. The van der Waals surface area contributed by atoms with E-state index in [4.69, 9.17) is 5.11 Å². The van der Waals surface area contributed by atoms with Crippen molar-refractivity contribution in [1.82, 2.24) is 10.9 Å². The number of hydrogen-bond donors (Lipinski definition) is 3. The molecule has 0 saturated carbocycles. The minimum Gasteiger partial charge on any atom is -0.464 e. The number of rotatable bonds is 27. The predicted octanol–water partition coefficient (Wildman–Crippen LogP) is 9.53. The van der Waals surface area contributed by atoms with Gasteiger partial charge in [-0.2, -0.15) is 0 Å². The number of carbonyl (C=O) groups is 1. The maximum absolute atomic E-state index is 10.3. The van der Waals surface area contributed by atoms with Crippen LogP contribution in [0.25, 0.3) is 0 Å². The van der Waals surface area contributed by atoms with Gasteiger partial charge in [0.2, 0.25) is 0 Å². The second kappa shape index (κ2) is 28.3. The van der Waals surface area contributed by atoms with E-state index in [2.05, 4.69) is 17.8 Å². The second-order valence-corrected chi connectivity index (χ2v) is 9.84. The van der Waals surface area contributed by atoms with E-state index in [1.165, 1.54) is 154 Å². The zero-order valence-corrected chi connectivity index (χ0v) is 21.7. The fourth-order valence-corrected chi connectivity index (χ4v) is 4.49. The van der Waals surface area contributed by atoms with Crippen LogP contribution in [0.2, 0.25) is 0 Å². The molecular formula is C28H58N2O2. The van der Waals surface area contributed by atoms with Crippen molar-refractivity contribution >= 4 is 6.09 Å². The molecule has 0 spiro atoms. The number of unbranched alkanes of at least 4 members (excludes halogenated alkanes) is 24. The summed E-state index contributed by atoms with van der Waals surface area (Å²) in [7, 11) is 0. The van der Waals surface area contributed by atoms with Crippen molar-refractivity contribution in [2.24, 2.45) is 0 Å². The fraction of sp³-hybridized carbons (Fsp3) is 0.964. The molecule has 0 aromatic heterocycles. The van der Waals surface area contributed by atoms with Gasteiger partial charge in [0, 0.05) is 6.54 Å². The van der Waals surface area contributed by atoms with Crippen LogP contribution in [0.3, 0.4) is 0 Å². The fourth-order valence-electron chi connectivity index (χ4n) is 4.49. The number of amides is 1. The van der Waals surface area contributed by atoms with Crippen molar-refractivity contribution < 1.29 is 9.90 Å². The van der Waals surface area contributed by atoms with Crippen LogP contribution in [0, 0.1) is 0 Å². The van der Waals surface area contributed by atoms with Crippen LogP contribution in [0.5, 0.6) is 0 Å². The molecule has 0 radical (unpaired) electrons. The largest absolute Gasteiger partial charge is 0.464 e. The molecule has 0 saturated heterocycles. The molecular weight excluding hydrogens is 396 g/mol. The van der Waals surface area contributed by atoms with Gasteiger partial charge in [0.1, 0.15) is 0 Å². The van der Waals surface area contributed by atoms with Crippen LogP contribution in [-0.2, 0) is 0 Å². The van der Waals surface area contributed by atoms with Gasteiger partial charge in [-0.15, -0.1) is 0 Å². The highest BCUT2D eigenvalue weighted by atomic mass is 16.4. The van der Waals surface area contributed by atoms with Crippen molar-refractivity contribution in [3.05, 3.63) is 0 Å². The lowest BCUT2D eigenvalue weighted by molar-refractivity contribution is 0.189. The predicted molar refractivity (Wildman–Crippen MR) is 140 cm³/mol. The normalized spacial score (nSPS) is 11.2. The lowest BCUT2D eigenvalue weighted by Gasteiger charge is -2.05. The first-order valence-electron chi connectivity index (χ1n) is 14.5. The van der Waals surface area contributed by atoms with Gasteiger partial charge in [0.05, 0.1) is 0 Å². The molecule has 1 amide bonds. The third-order valence-electron chi connectivity index (χ3n) is 6.60. The van der Waals surface area contributed by atoms with Gasteiger partial charge >= 0.3 is 6.09 Å². The highest BCUT2D eigenvalue weighted by Gasteiger charge is 1.96. The van der Waals surface area contributed by atoms with Crippen molar-refractivity contribution in [2.45, 2.75) is 167 Å². The lowest BCUT2D eigenvalue weighted by Crippen LogP contribution is -2.36. The van der Waals surface area contributed by atoms with Crippen LogP contribution in [0.4, 0.5) is 4.79 Å². The number of carboxylic acid groups (broad SMARTS) is 1. The summed E-state index contributed by atoms with van der Waals surface area (Å²) in [6.07, 6.45) is 34.1. The van der Waals surface area contributed by atoms with Crippen molar-refractivity contribution in [1.29, 1.82) is 0 Å². The van der Waals surface area contributed by atoms with Crippen LogP contribution in [-0.4, -0.2) is 17.7 Å². The Labute approximate surface area is 201 Å². The molecule has 0 fully saturated rings. The molecule has 4 heteroatoms. The van der Waals surface area contributed by atoms with Gasteiger partial charge in [-0.3, -0.25) is 5.43 Å². The lowest BCUT2D eigenvalue weighted by atomic mass is 10.0. The summed E-state index contributed by atoms with van der Waals surface area (Å²) in [4.78, 5) is 10.3. The third-order valence-corrected chi connectivity index (χ3v) is 6.60. The Hall–Kier alpha value is -0.770. The smallest absolute Gasteiger partial charge is 0.419 e. The summed E-state index contributed by atoms with van der Waals surface area (Å²) < 4.78 is 0. The van der Waals surface area contributed by atoms with E-state index in [9.17, 15) is 4.79 Å². The Morgan fingerprint density at radius 2 is 0.719 bits per heavy atom. The molecule has 0 atom stereocenters. The third kappa shape index (κ3) is 29.2. The van der Waals surface area contributed by atoms with E-state index in [1.807, 2.05) is 0 Å². The van der Waals surface area contributed by atoms with Gasteiger partial charge in [-0.05, 0) is 6.42 Å². The summed E-state index contributed by atoms with van der Waals surface area (Å²) in [5, 5.41) is 8.43. The van der Waals surface area contributed by atoms with E-state index in [1.54, 1.807) is 0 Å². The molecule has 0 aromatic carbocycles. The maximum atomic E-state index is 10.3. The molecule has 0 heterocycles. The summed E-state index contributed by atoms with van der Waals surface area (Å²) >= 11 is 0. The Kier molecular flexibility index (Phi) is 27.6. The molecule has 0 aliphatic rings. The Morgan fingerprint density at radius 3 is 0.969 bits per heavy atom. The van der Waals surface area contributed by atoms with Crippen LogP contribution >= 0.6 is 0 Å². The number of hydrogen-bond acceptors (Lipinski definition) is 2. The SMILES string of the molecule is CCCCCCCCCCCCCCCCCCCCCCCCCCCNNC(=O)O. The number of nitrogens with one attached hydrogen (secondary N) is 2. The van der Waals surface area contributed by atoms with Crippen molar-refractivity contribution in [2.75, 3.05) is 6.54 Å². The van der Waals surface area contributed by atoms with E-state index >= 15 is 0 Å². The summed E-state index contributed by atoms with van der Waals surface area (Å²) in [6, 6.07) is 0. The van der Waals surface area contributed by atoms with Crippen LogP contribution in [0.15, 0.2) is 0 Å². The molecule has 32 heavy (non-hydrogen) atoms. The zero-order chi connectivity index (χ0) is 23.4. The molecule has 3 N–H and O–H groups in total. The monoisotopic (exact) mass is 454 g/mol. The van der Waals surface area contributed by atoms with Crippen molar-refractivity contribution in [3.8, 4) is 0 Å². The average molecular weight is 455 g/mol. The minimum atomic E-state index is -1.01.